The van der Waals surface area contributed by atoms with E-state index in [0.717, 1.165) is 24.2 Å². The van der Waals surface area contributed by atoms with E-state index in [2.05, 4.69) is 74.9 Å². The first-order valence-electron chi connectivity index (χ1n) is 28.2. The minimum absolute atomic E-state index is 0.00468. The molecule has 3 aromatic carbocycles. The van der Waals surface area contributed by atoms with Crippen molar-refractivity contribution < 1.29 is 41.7 Å². The summed E-state index contributed by atoms with van der Waals surface area (Å²) in [7, 11) is 1.62. The van der Waals surface area contributed by atoms with E-state index in [-0.39, 0.29) is 58.9 Å². The van der Waals surface area contributed by atoms with Crippen molar-refractivity contribution in [3.05, 3.63) is 162 Å². The zero-order valence-electron chi connectivity index (χ0n) is 49.2. The number of hydrogen-bond donors (Lipinski definition) is 5. The third-order valence-corrected chi connectivity index (χ3v) is 14.7. The molecular weight excluding hydrogens is 1120 g/mol. The van der Waals surface area contributed by atoms with Crippen molar-refractivity contribution in [2.45, 2.75) is 96.9 Å². The first-order valence-corrected chi connectivity index (χ1v) is 28.2. The van der Waals surface area contributed by atoms with Gasteiger partial charge in [0.2, 0.25) is 23.6 Å². The van der Waals surface area contributed by atoms with Crippen molar-refractivity contribution in [2.24, 2.45) is 0 Å². The summed E-state index contributed by atoms with van der Waals surface area (Å²) in [6.07, 6.45) is 7.36. The van der Waals surface area contributed by atoms with Crippen LogP contribution in [-0.4, -0.2) is 129 Å². The molecule has 0 unspecified atom stereocenters. The monoisotopic (exact) mass is 1180 g/mol. The third kappa shape index (κ3) is 13.5. The number of nitrogens with one attached hydrogen (secondary N) is 5. The summed E-state index contributed by atoms with van der Waals surface area (Å²) >= 11 is 0. The number of pyridine rings is 2. The van der Waals surface area contributed by atoms with Crippen LogP contribution in [0, 0.1) is 11.6 Å². The van der Waals surface area contributed by atoms with E-state index >= 15 is 8.78 Å². The van der Waals surface area contributed by atoms with Crippen LogP contribution in [0.2, 0.25) is 0 Å². The van der Waals surface area contributed by atoms with Crippen molar-refractivity contribution >= 4 is 57.3 Å². The summed E-state index contributed by atoms with van der Waals surface area (Å²) in [5, 5.41) is 33.6. The minimum Gasteiger partial charge on any atom is -0.497 e. The van der Waals surface area contributed by atoms with E-state index in [9.17, 15) is 19.2 Å². The van der Waals surface area contributed by atoms with Gasteiger partial charge in [-0.2, -0.15) is 20.2 Å². The summed E-state index contributed by atoms with van der Waals surface area (Å²) in [5.41, 5.74) is 3.73. The van der Waals surface area contributed by atoms with Gasteiger partial charge in [0.05, 0.1) is 48.6 Å². The van der Waals surface area contributed by atoms with Crippen molar-refractivity contribution in [2.75, 3.05) is 43.9 Å². The number of likely N-dealkylation sites (tertiary alicyclic amines) is 2. The van der Waals surface area contributed by atoms with Crippen molar-refractivity contribution in [3.8, 4) is 28.0 Å². The molecule has 0 saturated carbocycles. The number of carbonyl (C=O) groups is 4. The number of aromatic nitrogens is 10. The highest BCUT2D eigenvalue weighted by Crippen LogP contribution is 2.37. The second kappa shape index (κ2) is 25.2. The number of carbonyl (C=O) groups excluding carboxylic acids is 4. The molecule has 6 aromatic heterocycles. The lowest BCUT2D eigenvalue weighted by Gasteiger charge is -2.15. The maximum Gasteiger partial charge on any atom is 0.254 e. The highest BCUT2D eigenvalue weighted by Gasteiger charge is 2.30. The van der Waals surface area contributed by atoms with Crippen LogP contribution in [0.25, 0.3) is 44.3 Å². The molecule has 2 aliphatic rings. The molecule has 9 aromatic rings. The lowest BCUT2D eigenvalue weighted by Crippen LogP contribution is -2.30. The zero-order valence-corrected chi connectivity index (χ0v) is 49.2. The fraction of sp³-hybridized carbons (Fsp3) is 0.323. The maximum absolute atomic E-state index is 15.6. The molecule has 4 amide bonds. The number of aromatic amines is 1. The summed E-state index contributed by atoms with van der Waals surface area (Å²) in [6, 6.07) is 20.1. The highest BCUT2D eigenvalue weighted by molar-refractivity contribution is 6.03. The Hall–Kier alpha value is -10.2. The highest BCUT2D eigenvalue weighted by atomic mass is 19.1. The van der Waals surface area contributed by atoms with Gasteiger partial charge < -0.3 is 44.9 Å². The number of amides is 4. The fourth-order valence-corrected chi connectivity index (χ4v) is 10.1. The number of H-pyrrole nitrogens is 1. The normalized spacial score (nSPS) is 15.0. The Morgan fingerprint density at radius 3 is 1.68 bits per heavy atom. The average Bonchev–Trinajstić information content (AvgIpc) is 1.83. The Kier molecular flexibility index (Phi) is 17.3. The van der Waals surface area contributed by atoms with Crippen LogP contribution in [-0.2, 0) is 40.1 Å². The van der Waals surface area contributed by atoms with E-state index in [1.54, 1.807) is 58.3 Å². The molecule has 450 valence electrons. The maximum atomic E-state index is 15.6. The summed E-state index contributed by atoms with van der Waals surface area (Å²) < 4.78 is 48.4. The first kappa shape index (κ1) is 59.9. The number of anilines is 2. The second-order valence-electron chi connectivity index (χ2n) is 23.1. The van der Waals surface area contributed by atoms with Crippen molar-refractivity contribution in [1.29, 1.82) is 0 Å². The lowest BCUT2D eigenvalue weighted by molar-refractivity contribution is -0.125. The van der Waals surface area contributed by atoms with Gasteiger partial charge in [-0.1, -0.05) is 89.3 Å². The van der Waals surface area contributed by atoms with Crippen LogP contribution in [0.3, 0.4) is 0 Å². The molecule has 2 saturated heterocycles. The van der Waals surface area contributed by atoms with Crippen molar-refractivity contribution in [3.63, 3.8) is 0 Å². The molecule has 87 heavy (non-hydrogen) atoms. The molecule has 8 heterocycles. The number of nitrogens with zero attached hydrogens (tertiary/aromatic N) is 11. The largest absolute Gasteiger partial charge is 0.497 e. The average molecular weight is 1190 g/mol. The topological polar surface area (TPSA) is 282 Å². The summed E-state index contributed by atoms with van der Waals surface area (Å²) in [4.78, 5) is 70.9. The zero-order chi connectivity index (χ0) is 61.7. The molecule has 25 heteroatoms. The van der Waals surface area contributed by atoms with Gasteiger partial charge in [-0.15, -0.1) is 0 Å². The minimum atomic E-state index is -0.687. The van der Waals surface area contributed by atoms with Crippen LogP contribution in [0.5, 0.6) is 5.75 Å². The third-order valence-electron chi connectivity index (χ3n) is 14.7. The Labute approximate surface area is 499 Å². The number of fused-ring (bicyclic) bond motifs is 2. The molecule has 0 radical (unpaired) electrons. The molecular formula is C62H66F2N16O7. The smallest absolute Gasteiger partial charge is 0.254 e. The van der Waals surface area contributed by atoms with Gasteiger partial charge in [-0.25, -0.2) is 23.4 Å². The number of halogens is 2. The van der Waals surface area contributed by atoms with Crippen LogP contribution < -0.4 is 26.0 Å². The molecule has 0 aliphatic carbocycles. The summed E-state index contributed by atoms with van der Waals surface area (Å²) in [5.74, 6) is 0.593. The van der Waals surface area contributed by atoms with Gasteiger partial charge in [-0.05, 0) is 101 Å². The predicted octanol–water partition coefficient (Wildman–Crippen LogP) is 8.68. The first-order chi connectivity index (χ1) is 41.7. The second-order valence-corrected chi connectivity index (χ2v) is 23.1. The molecule has 2 atom stereocenters. The van der Waals surface area contributed by atoms with Gasteiger partial charge in [0.25, 0.3) is 11.8 Å². The van der Waals surface area contributed by atoms with Crippen LogP contribution in [0.4, 0.5) is 20.4 Å². The molecule has 0 spiro atoms. The Balaban J connectivity index is 0.000000197. The number of benzene rings is 3. The lowest BCUT2D eigenvalue weighted by atomic mass is 9.97. The van der Waals surface area contributed by atoms with Crippen LogP contribution >= 0.6 is 0 Å². The van der Waals surface area contributed by atoms with E-state index in [4.69, 9.17) is 18.9 Å². The number of rotatable bonds is 17. The van der Waals surface area contributed by atoms with Gasteiger partial charge >= 0.3 is 0 Å². The van der Waals surface area contributed by atoms with E-state index in [1.807, 2.05) is 65.8 Å². The molecule has 2 fully saturated rings. The standard InChI is InChI=1S/C35H37FN8O4.C27H29FN8O3/c1-6-29(45)43-16-14-23(20-43)39-31-30-25(13-15-37-32(30)44(41-31)19-21-7-10-24(47-5)11-8-21)22-9-12-26(27(36)17-22)33(46)38-18-28-40-34(48-42-28)35(2,3)4;1-5-21(37)36-11-9-16(14-36)31-24-22-17(8-10-29-23(22)33-34-24)15-6-7-18(19(28)12-15)25(38)30-13-20-32-26(39-35-20)27(2,3)4/h6-13,15,17,23H,1,14,16,18-20H2,2-5H3,(H,38,46)(H,39,41);5-8,10,12,16H,1,9,11,13-14H2,2-4H3,(H,30,38)(H2,29,31,33,34)/t23-;16-/m11/s1. The number of methoxy groups -OCH3 is 1. The Morgan fingerprint density at radius 1 is 0.690 bits per heavy atom. The van der Waals surface area contributed by atoms with Gasteiger partial charge in [-0.3, -0.25) is 24.3 Å². The fourth-order valence-electron chi connectivity index (χ4n) is 10.1. The molecule has 2 aliphatic heterocycles. The van der Waals surface area contributed by atoms with E-state index in [0.29, 0.717) is 112 Å². The predicted molar refractivity (Wildman–Crippen MR) is 320 cm³/mol. The van der Waals surface area contributed by atoms with Crippen LogP contribution in [0.15, 0.2) is 120 Å². The van der Waals surface area contributed by atoms with Gasteiger partial charge in [0.1, 0.15) is 17.4 Å². The quantitative estimate of drug-likeness (QED) is 0.0533. The molecule has 23 nitrogen and oxygen atoms in total. The van der Waals surface area contributed by atoms with Crippen LogP contribution in [0.1, 0.15) is 104 Å². The van der Waals surface area contributed by atoms with Crippen molar-refractivity contribution in [1.82, 2.24) is 70.7 Å². The SMILES string of the molecule is C=CC(=O)N1CC[C@@H](Nc2n[nH]c3nccc(-c4ccc(C(=O)NCc5noc(C(C)(C)C)n5)c(F)c4)c23)C1.C=CC(=O)N1CC[C@@H](Nc2nn(Cc3ccc(OC)cc3)c3nccc(-c4ccc(C(=O)NCc5noc(C(C)(C)C)n5)c(F)c4)c23)C1. The molecule has 5 N–H and O–H groups in total. The number of hydrogen-bond acceptors (Lipinski definition) is 17. The van der Waals surface area contributed by atoms with E-state index < -0.39 is 23.4 Å². The molecule has 11 rings (SSSR count). The summed E-state index contributed by atoms with van der Waals surface area (Å²) in [6.45, 7) is 21.4. The van der Waals surface area contributed by atoms with Gasteiger partial charge in [0.15, 0.2) is 34.6 Å². The Morgan fingerprint density at radius 2 is 1.20 bits per heavy atom. The number of ether oxygens (including phenoxy) is 1. The van der Waals surface area contributed by atoms with Gasteiger partial charge in [0, 0.05) is 61.5 Å². The van der Waals surface area contributed by atoms with E-state index in [1.165, 1.54) is 36.4 Å². The molecule has 0 bridgehead atoms. The Bertz CT molecular complexity index is 4050.